The zero-order valence-corrected chi connectivity index (χ0v) is 21.5. The van der Waals surface area contributed by atoms with Gasteiger partial charge < -0.3 is 19.3 Å². The largest absolute Gasteiger partial charge is 0.466 e. The highest BCUT2D eigenvalue weighted by molar-refractivity contribution is 5.70. The summed E-state index contributed by atoms with van der Waals surface area (Å²) in [6.07, 6.45) is 12.6. The Morgan fingerprint density at radius 1 is 0.909 bits per heavy atom. The average molecular weight is 465 g/mol. The first-order chi connectivity index (χ1) is 15.8. The van der Waals surface area contributed by atoms with Crippen LogP contribution in [0.4, 0.5) is 0 Å². The standard InChI is InChI=1S/C27H48N2O4/c1-5-22-32-25(30)14-20-28-16-10-23(11-17-28)8-7-9-24-12-18-29(19-13-24)21-15-26(31)33-27(3,4)6-2/h6,23-24H,2,5,7-22H2,1,3-4H3. The first-order valence-corrected chi connectivity index (χ1v) is 13.3. The molecule has 0 aromatic heterocycles. The van der Waals surface area contributed by atoms with Crippen LogP contribution in [-0.4, -0.2) is 73.2 Å². The molecule has 0 aromatic rings. The fraction of sp³-hybridized carbons (Fsp3) is 0.852. The Balaban J connectivity index is 1.49. The molecule has 0 saturated carbocycles. The maximum Gasteiger partial charge on any atom is 0.307 e. The first-order valence-electron chi connectivity index (χ1n) is 13.3. The van der Waals surface area contributed by atoms with Crippen LogP contribution < -0.4 is 0 Å². The second-order valence-corrected chi connectivity index (χ2v) is 10.5. The lowest BCUT2D eigenvalue weighted by molar-refractivity contribution is -0.153. The van der Waals surface area contributed by atoms with Gasteiger partial charge in [0, 0.05) is 13.1 Å². The number of rotatable bonds is 14. The third-order valence-electron chi connectivity index (χ3n) is 7.24. The van der Waals surface area contributed by atoms with Crippen LogP contribution in [-0.2, 0) is 19.1 Å². The topological polar surface area (TPSA) is 59.1 Å². The van der Waals surface area contributed by atoms with Crippen LogP contribution in [0.15, 0.2) is 12.7 Å². The molecule has 2 aliphatic rings. The Hall–Kier alpha value is -1.40. The zero-order chi connectivity index (χ0) is 24.1. The van der Waals surface area contributed by atoms with E-state index in [2.05, 4.69) is 16.4 Å². The molecule has 2 saturated heterocycles. The van der Waals surface area contributed by atoms with Crippen molar-refractivity contribution in [3.05, 3.63) is 12.7 Å². The molecular formula is C27H48N2O4. The Bertz CT molecular complexity index is 591. The molecule has 190 valence electrons. The summed E-state index contributed by atoms with van der Waals surface area (Å²) in [6.45, 7) is 16.1. The van der Waals surface area contributed by atoms with Gasteiger partial charge in [0.15, 0.2) is 0 Å². The highest BCUT2D eigenvalue weighted by atomic mass is 16.6. The van der Waals surface area contributed by atoms with Gasteiger partial charge in [-0.3, -0.25) is 9.59 Å². The number of nitrogens with zero attached hydrogens (tertiary/aromatic N) is 2. The Morgan fingerprint density at radius 2 is 1.39 bits per heavy atom. The summed E-state index contributed by atoms with van der Waals surface area (Å²) >= 11 is 0. The van der Waals surface area contributed by atoms with Gasteiger partial charge in [-0.2, -0.15) is 0 Å². The number of likely N-dealkylation sites (tertiary alicyclic amines) is 2. The number of piperidine rings is 2. The monoisotopic (exact) mass is 464 g/mol. The average Bonchev–Trinajstić information content (AvgIpc) is 2.81. The van der Waals surface area contributed by atoms with E-state index in [0.29, 0.717) is 19.4 Å². The van der Waals surface area contributed by atoms with Crippen LogP contribution >= 0.6 is 0 Å². The third kappa shape index (κ3) is 11.5. The minimum Gasteiger partial charge on any atom is -0.466 e. The minimum atomic E-state index is -0.580. The molecule has 0 atom stereocenters. The summed E-state index contributed by atoms with van der Waals surface area (Å²) in [5.41, 5.74) is -0.580. The van der Waals surface area contributed by atoms with E-state index in [-0.39, 0.29) is 11.9 Å². The molecule has 0 unspecified atom stereocenters. The van der Waals surface area contributed by atoms with Crippen LogP contribution in [0, 0.1) is 11.8 Å². The predicted molar refractivity (Wildman–Crippen MR) is 133 cm³/mol. The van der Waals surface area contributed by atoms with Crippen molar-refractivity contribution in [1.29, 1.82) is 0 Å². The number of hydrogen-bond donors (Lipinski definition) is 0. The molecule has 2 rings (SSSR count). The fourth-order valence-electron chi connectivity index (χ4n) is 4.87. The van der Waals surface area contributed by atoms with E-state index < -0.39 is 5.60 Å². The van der Waals surface area contributed by atoms with E-state index in [0.717, 1.165) is 57.5 Å². The number of ether oxygens (including phenoxy) is 2. The van der Waals surface area contributed by atoms with Crippen molar-refractivity contribution in [3.63, 3.8) is 0 Å². The molecule has 0 aromatic carbocycles. The number of esters is 2. The van der Waals surface area contributed by atoms with Crippen molar-refractivity contribution in [1.82, 2.24) is 9.80 Å². The highest BCUT2D eigenvalue weighted by Gasteiger charge is 2.23. The molecule has 0 aliphatic carbocycles. The van der Waals surface area contributed by atoms with Crippen molar-refractivity contribution in [2.75, 3.05) is 45.9 Å². The van der Waals surface area contributed by atoms with Crippen LogP contribution in [0.3, 0.4) is 0 Å². The highest BCUT2D eigenvalue weighted by Crippen LogP contribution is 2.27. The van der Waals surface area contributed by atoms with Crippen LogP contribution in [0.5, 0.6) is 0 Å². The second-order valence-electron chi connectivity index (χ2n) is 10.5. The lowest BCUT2D eigenvalue weighted by Crippen LogP contribution is -2.36. The van der Waals surface area contributed by atoms with E-state index in [4.69, 9.17) is 9.47 Å². The van der Waals surface area contributed by atoms with E-state index in [1.165, 1.54) is 44.9 Å². The quantitative estimate of drug-likeness (QED) is 0.271. The number of carbonyl (C=O) groups excluding carboxylic acids is 2. The van der Waals surface area contributed by atoms with Gasteiger partial charge >= 0.3 is 11.9 Å². The second kappa shape index (κ2) is 14.8. The Morgan fingerprint density at radius 3 is 1.85 bits per heavy atom. The molecule has 0 bridgehead atoms. The SMILES string of the molecule is C=CC(C)(C)OC(=O)CCN1CCC(CCCC2CCN(CCC(=O)OCCC)CC2)CC1. The van der Waals surface area contributed by atoms with Gasteiger partial charge in [0.25, 0.3) is 0 Å². The van der Waals surface area contributed by atoms with Crippen molar-refractivity contribution in [2.45, 2.75) is 90.6 Å². The fourth-order valence-corrected chi connectivity index (χ4v) is 4.87. The maximum absolute atomic E-state index is 12.0. The molecule has 6 nitrogen and oxygen atoms in total. The normalized spacial score (nSPS) is 19.4. The molecule has 0 amide bonds. The molecule has 2 aliphatic heterocycles. The maximum atomic E-state index is 12.0. The number of carbonyl (C=O) groups is 2. The Labute approximate surface area is 202 Å². The first kappa shape index (κ1) is 27.8. The molecular weight excluding hydrogens is 416 g/mol. The van der Waals surface area contributed by atoms with E-state index in [9.17, 15) is 9.59 Å². The molecule has 33 heavy (non-hydrogen) atoms. The van der Waals surface area contributed by atoms with Crippen molar-refractivity contribution >= 4 is 11.9 Å². The minimum absolute atomic E-state index is 0.0541. The molecule has 0 N–H and O–H groups in total. The van der Waals surface area contributed by atoms with Crippen molar-refractivity contribution in [3.8, 4) is 0 Å². The van der Waals surface area contributed by atoms with Gasteiger partial charge in [-0.25, -0.2) is 0 Å². The smallest absolute Gasteiger partial charge is 0.307 e. The summed E-state index contributed by atoms with van der Waals surface area (Å²) in [6, 6.07) is 0. The zero-order valence-electron chi connectivity index (χ0n) is 21.5. The van der Waals surface area contributed by atoms with Gasteiger partial charge in [0.05, 0.1) is 19.4 Å². The molecule has 2 heterocycles. The summed E-state index contributed by atoms with van der Waals surface area (Å²) in [7, 11) is 0. The molecule has 0 radical (unpaired) electrons. The molecule has 2 fully saturated rings. The summed E-state index contributed by atoms with van der Waals surface area (Å²) in [4.78, 5) is 28.5. The predicted octanol–water partition coefficient (Wildman–Crippen LogP) is 4.82. The van der Waals surface area contributed by atoms with E-state index in [1.54, 1.807) is 6.08 Å². The summed E-state index contributed by atoms with van der Waals surface area (Å²) < 4.78 is 10.6. The molecule has 0 spiro atoms. The van der Waals surface area contributed by atoms with Crippen molar-refractivity contribution in [2.24, 2.45) is 11.8 Å². The van der Waals surface area contributed by atoms with Crippen LogP contribution in [0.1, 0.15) is 85.0 Å². The van der Waals surface area contributed by atoms with E-state index >= 15 is 0 Å². The summed E-state index contributed by atoms with van der Waals surface area (Å²) in [5, 5.41) is 0. The van der Waals surface area contributed by atoms with Crippen LogP contribution in [0.2, 0.25) is 0 Å². The van der Waals surface area contributed by atoms with Gasteiger partial charge in [-0.15, -0.1) is 0 Å². The van der Waals surface area contributed by atoms with Gasteiger partial charge in [-0.05, 0) is 90.0 Å². The van der Waals surface area contributed by atoms with Crippen molar-refractivity contribution < 1.29 is 19.1 Å². The van der Waals surface area contributed by atoms with Crippen LogP contribution in [0.25, 0.3) is 0 Å². The molecule has 6 heteroatoms. The third-order valence-corrected chi connectivity index (χ3v) is 7.24. The van der Waals surface area contributed by atoms with Gasteiger partial charge in [-0.1, -0.05) is 32.8 Å². The number of hydrogen-bond acceptors (Lipinski definition) is 6. The van der Waals surface area contributed by atoms with Gasteiger partial charge in [0.2, 0.25) is 0 Å². The van der Waals surface area contributed by atoms with Gasteiger partial charge in [0.1, 0.15) is 5.60 Å². The van der Waals surface area contributed by atoms with E-state index in [1.807, 2.05) is 20.8 Å². The lowest BCUT2D eigenvalue weighted by atomic mass is 9.87. The Kier molecular flexibility index (Phi) is 12.5. The lowest BCUT2D eigenvalue weighted by Gasteiger charge is -2.33. The summed E-state index contributed by atoms with van der Waals surface area (Å²) in [5.74, 6) is 1.49.